The average molecular weight is 545 g/mol. The van der Waals surface area contributed by atoms with Gasteiger partial charge in [-0.15, -0.1) is 0 Å². The summed E-state index contributed by atoms with van der Waals surface area (Å²) in [6, 6.07) is 9.37. The van der Waals surface area contributed by atoms with E-state index in [0.717, 1.165) is 62.7 Å². The number of Topliss-reactive ketones (excluding diaryl/α,β-unsaturated/α-hetero) is 1. The van der Waals surface area contributed by atoms with Crippen LogP contribution in [0.25, 0.3) is 0 Å². The Morgan fingerprint density at radius 3 is 2.33 bits per heavy atom. The van der Waals surface area contributed by atoms with Gasteiger partial charge in [-0.25, -0.2) is 9.97 Å². The number of nitrogens with two attached hydrogens (primary N) is 1. The highest BCUT2D eigenvalue weighted by molar-refractivity contribution is 5.96. The minimum absolute atomic E-state index is 0.141. The van der Waals surface area contributed by atoms with Gasteiger partial charge in [-0.3, -0.25) is 9.59 Å². The van der Waals surface area contributed by atoms with E-state index in [9.17, 15) is 9.59 Å². The monoisotopic (exact) mass is 544 g/mol. The van der Waals surface area contributed by atoms with Crippen LogP contribution >= 0.6 is 0 Å². The van der Waals surface area contributed by atoms with Gasteiger partial charge in [-0.2, -0.15) is 0 Å². The Morgan fingerprint density at radius 2 is 1.62 bits per heavy atom. The van der Waals surface area contributed by atoms with Crippen LogP contribution in [0, 0.1) is 11.8 Å². The maximum absolute atomic E-state index is 12.5. The number of benzene rings is 1. The largest absolute Gasteiger partial charge is 0.364 e. The second kappa shape index (κ2) is 12.2. The number of anilines is 3. The molecule has 0 radical (unpaired) electrons. The summed E-state index contributed by atoms with van der Waals surface area (Å²) < 4.78 is 0. The van der Waals surface area contributed by atoms with Gasteiger partial charge in [-0.05, 0) is 94.0 Å². The fourth-order valence-electron chi connectivity index (χ4n) is 7.10. The van der Waals surface area contributed by atoms with E-state index in [0.29, 0.717) is 35.8 Å². The van der Waals surface area contributed by atoms with Crippen LogP contribution in [-0.2, 0) is 4.79 Å². The first-order valence-electron chi connectivity index (χ1n) is 15.6. The zero-order chi connectivity index (χ0) is 27.5. The van der Waals surface area contributed by atoms with Crippen LogP contribution in [0.5, 0.6) is 0 Å². The molecular formula is C32H44N6O2. The summed E-state index contributed by atoms with van der Waals surface area (Å²) in [6.07, 6.45) is 15.6. The molecule has 2 saturated heterocycles. The van der Waals surface area contributed by atoms with Gasteiger partial charge in [0.25, 0.3) is 5.91 Å². The number of ketones is 1. The Kier molecular flexibility index (Phi) is 8.32. The van der Waals surface area contributed by atoms with E-state index in [2.05, 4.69) is 44.4 Å². The molecule has 40 heavy (non-hydrogen) atoms. The smallest absolute Gasteiger partial charge is 0.271 e. The Hall–Kier alpha value is -3.00. The quantitative estimate of drug-likeness (QED) is 0.435. The van der Waals surface area contributed by atoms with Crippen LogP contribution in [-0.4, -0.2) is 58.8 Å². The van der Waals surface area contributed by atoms with E-state index in [1.165, 1.54) is 57.2 Å². The fourth-order valence-corrected chi connectivity index (χ4v) is 7.10. The number of piperidine rings is 1. The number of rotatable bonds is 9. The minimum Gasteiger partial charge on any atom is -0.364 e. The third-order valence-corrected chi connectivity index (χ3v) is 9.62. The number of carbonyl (C=O) groups is 2. The lowest BCUT2D eigenvalue weighted by Gasteiger charge is -2.36. The van der Waals surface area contributed by atoms with E-state index >= 15 is 0 Å². The van der Waals surface area contributed by atoms with Crippen LogP contribution in [0.15, 0.2) is 30.5 Å². The Morgan fingerprint density at radius 1 is 0.900 bits per heavy atom. The number of likely N-dealkylation sites (tertiary alicyclic amines) is 1. The van der Waals surface area contributed by atoms with Crippen molar-refractivity contribution >= 4 is 29.0 Å². The number of nitrogens with one attached hydrogen (secondary N) is 1. The second-order valence-electron chi connectivity index (χ2n) is 12.5. The summed E-state index contributed by atoms with van der Waals surface area (Å²) in [5, 5.41) is 3.33. The Labute approximate surface area is 238 Å². The lowest BCUT2D eigenvalue weighted by Crippen LogP contribution is -2.39. The zero-order valence-electron chi connectivity index (χ0n) is 23.7. The highest BCUT2D eigenvalue weighted by atomic mass is 16.1. The molecule has 8 heteroatoms. The number of hydrogen-bond acceptors (Lipinski definition) is 7. The van der Waals surface area contributed by atoms with E-state index in [1.54, 1.807) is 6.20 Å². The van der Waals surface area contributed by atoms with Crippen LogP contribution < -0.4 is 16.0 Å². The molecule has 8 nitrogen and oxygen atoms in total. The molecule has 2 aliphatic heterocycles. The maximum atomic E-state index is 12.5. The molecule has 0 unspecified atom stereocenters. The van der Waals surface area contributed by atoms with Crippen molar-refractivity contribution in [3.8, 4) is 0 Å². The molecule has 3 N–H and O–H groups in total. The van der Waals surface area contributed by atoms with Crippen molar-refractivity contribution in [2.75, 3.05) is 36.4 Å². The minimum atomic E-state index is -0.601. The highest BCUT2D eigenvalue weighted by Gasteiger charge is 2.32. The summed E-state index contributed by atoms with van der Waals surface area (Å²) >= 11 is 0. The Bertz CT molecular complexity index is 1180. The summed E-state index contributed by atoms with van der Waals surface area (Å²) in [5.41, 5.74) is 8.06. The molecule has 214 valence electrons. The van der Waals surface area contributed by atoms with Crippen molar-refractivity contribution in [2.24, 2.45) is 17.6 Å². The van der Waals surface area contributed by atoms with Crippen LogP contribution in [0.1, 0.15) is 99.0 Å². The number of primary amides is 1. The molecule has 2 saturated carbocycles. The predicted octanol–water partition coefficient (Wildman–Crippen LogP) is 5.42. The molecule has 1 aromatic carbocycles. The lowest BCUT2D eigenvalue weighted by molar-refractivity contribution is -0.121. The molecule has 4 fully saturated rings. The number of aromatic nitrogens is 2. The number of carbonyl (C=O) groups excluding carboxylic acids is 2. The average Bonchev–Trinajstić information content (AvgIpc) is 3.73. The molecule has 1 amide bonds. The van der Waals surface area contributed by atoms with Gasteiger partial charge in [0.05, 0.1) is 6.20 Å². The van der Waals surface area contributed by atoms with Gasteiger partial charge < -0.3 is 20.9 Å². The second-order valence-corrected chi connectivity index (χ2v) is 12.5. The SMILES string of the molecule is NC(=O)c1ncc(N2CCCC[C@@H](CC(=O)C3CC3)C2)nc1Nc1ccc(C2CCN(C3CCCC3)CC2)cc1. The third kappa shape index (κ3) is 6.48. The maximum Gasteiger partial charge on any atom is 0.271 e. The van der Waals surface area contributed by atoms with Crippen molar-refractivity contribution < 1.29 is 9.59 Å². The molecule has 2 aromatic rings. The number of amides is 1. The van der Waals surface area contributed by atoms with Gasteiger partial charge in [0.2, 0.25) is 0 Å². The van der Waals surface area contributed by atoms with Crippen molar-refractivity contribution in [1.29, 1.82) is 0 Å². The summed E-state index contributed by atoms with van der Waals surface area (Å²) in [6.45, 7) is 4.06. The fraction of sp³-hybridized carbons (Fsp3) is 0.625. The van der Waals surface area contributed by atoms with E-state index in [-0.39, 0.29) is 5.69 Å². The molecule has 6 rings (SSSR count). The standard InChI is InChI=1S/C32H44N6O2/c33-31(40)30-32(36-29(20-34-30)38-16-4-3-5-22(21-38)19-28(39)25-8-9-25)35-26-12-10-23(11-13-26)24-14-17-37(18-15-24)27-6-1-2-7-27/h10-13,20,22,24-25,27H,1-9,14-19,21H2,(H2,33,40)(H,35,36)/t22-/m0/s1. The van der Waals surface area contributed by atoms with Crippen molar-refractivity contribution in [3.05, 3.63) is 41.7 Å². The number of nitrogens with zero attached hydrogens (tertiary/aromatic N) is 4. The first-order chi connectivity index (χ1) is 19.5. The van der Waals surface area contributed by atoms with Crippen LogP contribution in [0.4, 0.5) is 17.3 Å². The van der Waals surface area contributed by atoms with Gasteiger partial charge in [0.1, 0.15) is 11.6 Å². The first kappa shape index (κ1) is 27.2. The zero-order valence-corrected chi connectivity index (χ0v) is 23.7. The van der Waals surface area contributed by atoms with Crippen molar-refractivity contribution in [1.82, 2.24) is 14.9 Å². The summed E-state index contributed by atoms with van der Waals surface area (Å²) in [5.74, 6) is 2.17. The molecule has 2 aliphatic carbocycles. The first-order valence-corrected chi connectivity index (χ1v) is 15.6. The summed E-state index contributed by atoms with van der Waals surface area (Å²) in [7, 11) is 0. The third-order valence-electron chi connectivity index (χ3n) is 9.62. The van der Waals surface area contributed by atoms with Gasteiger partial charge in [0.15, 0.2) is 11.5 Å². The topological polar surface area (TPSA) is 104 Å². The summed E-state index contributed by atoms with van der Waals surface area (Å²) in [4.78, 5) is 38.9. The highest BCUT2D eigenvalue weighted by Crippen LogP contribution is 2.35. The van der Waals surface area contributed by atoms with Crippen LogP contribution in [0.2, 0.25) is 0 Å². The molecule has 0 spiro atoms. The molecule has 0 bridgehead atoms. The Balaban J connectivity index is 1.12. The lowest BCUT2D eigenvalue weighted by atomic mass is 9.88. The molecule has 3 heterocycles. The van der Waals surface area contributed by atoms with Crippen LogP contribution in [0.3, 0.4) is 0 Å². The van der Waals surface area contributed by atoms with Crippen molar-refractivity contribution in [2.45, 2.75) is 89.0 Å². The van der Waals surface area contributed by atoms with Crippen molar-refractivity contribution in [3.63, 3.8) is 0 Å². The van der Waals surface area contributed by atoms with Gasteiger partial charge >= 0.3 is 0 Å². The molecular weight excluding hydrogens is 500 g/mol. The molecule has 1 aromatic heterocycles. The van der Waals surface area contributed by atoms with E-state index in [1.807, 2.05) is 0 Å². The van der Waals surface area contributed by atoms with Gasteiger partial charge in [-0.1, -0.05) is 31.4 Å². The normalized spacial score (nSPS) is 23.2. The number of hydrogen-bond donors (Lipinski definition) is 2. The van der Waals surface area contributed by atoms with E-state index < -0.39 is 5.91 Å². The molecule has 4 aliphatic rings. The van der Waals surface area contributed by atoms with Gasteiger partial charge in [0, 0.05) is 37.2 Å². The predicted molar refractivity (Wildman–Crippen MR) is 158 cm³/mol. The molecule has 1 atom stereocenters. The van der Waals surface area contributed by atoms with E-state index in [4.69, 9.17) is 10.7 Å².